The number of primary amides is 1. The van der Waals surface area contributed by atoms with E-state index in [0.717, 1.165) is 6.42 Å². The normalized spacial score (nSPS) is 10.2. The first-order chi connectivity index (χ1) is 13.5. The lowest BCUT2D eigenvalue weighted by atomic mass is 10.2. The highest BCUT2D eigenvalue weighted by molar-refractivity contribution is 5.97. The van der Waals surface area contributed by atoms with Crippen molar-refractivity contribution in [2.75, 3.05) is 37.4 Å². The second kappa shape index (κ2) is 10.7. The Morgan fingerprint density at radius 1 is 1.00 bits per heavy atom. The van der Waals surface area contributed by atoms with Crippen LogP contribution < -0.4 is 21.7 Å². The standard InChI is InChI=1S/C20H24N4O4/c1-28-11-3-10-22-20(27)14-6-8-16(9-7-14)24-18(25)13-23-17-5-2-4-15(12-17)19(21)26/h2,4-9,12,23H,3,10-11,13H2,1H3,(H2,21,26)(H,22,27)(H,24,25). The molecule has 0 saturated carbocycles. The number of hydrogen-bond donors (Lipinski definition) is 4. The van der Waals surface area contributed by atoms with E-state index in [9.17, 15) is 14.4 Å². The molecule has 148 valence electrons. The van der Waals surface area contributed by atoms with Gasteiger partial charge in [-0.2, -0.15) is 0 Å². The van der Waals surface area contributed by atoms with Crippen LogP contribution in [-0.2, 0) is 9.53 Å². The van der Waals surface area contributed by atoms with Gasteiger partial charge in [0.15, 0.2) is 0 Å². The van der Waals surface area contributed by atoms with Gasteiger partial charge in [0.05, 0.1) is 6.54 Å². The van der Waals surface area contributed by atoms with Crippen molar-refractivity contribution < 1.29 is 19.1 Å². The number of nitrogens with two attached hydrogens (primary N) is 1. The summed E-state index contributed by atoms with van der Waals surface area (Å²) in [6.45, 7) is 1.14. The molecule has 5 N–H and O–H groups in total. The van der Waals surface area contributed by atoms with Crippen LogP contribution in [0.1, 0.15) is 27.1 Å². The molecule has 8 heteroatoms. The molecular formula is C20H24N4O4. The second-order valence-electron chi connectivity index (χ2n) is 6.03. The molecule has 2 rings (SSSR count). The summed E-state index contributed by atoms with van der Waals surface area (Å²) >= 11 is 0. The van der Waals surface area contributed by atoms with Crippen LogP contribution in [0.2, 0.25) is 0 Å². The zero-order valence-electron chi connectivity index (χ0n) is 15.7. The minimum Gasteiger partial charge on any atom is -0.385 e. The van der Waals surface area contributed by atoms with Crippen molar-refractivity contribution in [2.45, 2.75) is 6.42 Å². The molecule has 3 amide bonds. The van der Waals surface area contributed by atoms with Crippen molar-refractivity contribution in [1.29, 1.82) is 0 Å². The summed E-state index contributed by atoms with van der Waals surface area (Å²) in [7, 11) is 1.61. The van der Waals surface area contributed by atoms with Gasteiger partial charge in [0.1, 0.15) is 0 Å². The first-order valence-corrected chi connectivity index (χ1v) is 8.80. The third-order valence-electron chi connectivity index (χ3n) is 3.84. The van der Waals surface area contributed by atoms with Gasteiger partial charge in [0.25, 0.3) is 5.91 Å². The van der Waals surface area contributed by atoms with Gasteiger partial charge in [-0.25, -0.2) is 0 Å². The fraction of sp³-hybridized carbons (Fsp3) is 0.250. The second-order valence-corrected chi connectivity index (χ2v) is 6.03. The predicted molar refractivity (Wildman–Crippen MR) is 107 cm³/mol. The van der Waals surface area contributed by atoms with E-state index < -0.39 is 5.91 Å². The molecule has 0 bridgehead atoms. The number of rotatable bonds is 10. The summed E-state index contributed by atoms with van der Waals surface area (Å²) < 4.78 is 4.93. The molecule has 0 aliphatic carbocycles. The number of ether oxygens (including phenoxy) is 1. The maximum atomic E-state index is 12.1. The van der Waals surface area contributed by atoms with Gasteiger partial charge in [-0.05, 0) is 48.9 Å². The maximum Gasteiger partial charge on any atom is 0.251 e. The Kier molecular flexibility index (Phi) is 7.98. The van der Waals surface area contributed by atoms with E-state index >= 15 is 0 Å². The van der Waals surface area contributed by atoms with Crippen LogP contribution >= 0.6 is 0 Å². The monoisotopic (exact) mass is 384 g/mol. The highest BCUT2D eigenvalue weighted by Crippen LogP contribution is 2.11. The topological polar surface area (TPSA) is 123 Å². The van der Waals surface area contributed by atoms with E-state index in [4.69, 9.17) is 10.5 Å². The molecule has 0 saturated heterocycles. The molecule has 8 nitrogen and oxygen atoms in total. The molecule has 0 spiro atoms. The first-order valence-electron chi connectivity index (χ1n) is 8.80. The zero-order chi connectivity index (χ0) is 20.4. The Morgan fingerprint density at radius 3 is 2.43 bits per heavy atom. The number of benzene rings is 2. The molecule has 0 aliphatic rings. The van der Waals surface area contributed by atoms with Crippen LogP contribution in [0.4, 0.5) is 11.4 Å². The minimum absolute atomic E-state index is 0.0178. The average molecular weight is 384 g/mol. The van der Waals surface area contributed by atoms with Gasteiger partial charge in [-0.15, -0.1) is 0 Å². The number of nitrogens with one attached hydrogen (secondary N) is 3. The molecule has 2 aromatic rings. The van der Waals surface area contributed by atoms with Gasteiger partial charge in [-0.3, -0.25) is 14.4 Å². The summed E-state index contributed by atoms with van der Waals surface area (Å²) in [6, 6.07) is 13.2. The molecule has 0 atom stereocenters. The number of carbonyl (C=O) groups excluding carboxylic acids is 3. The molecule has 2 aromatic carbocycles. The zero-order valence-corrected chi connectivity index (χ0v) is 15.7. The minimum atomic E-state index is -0.532. The molecule has 0 fully saturated rings. The molecule has 0 aliphatic heterocycles. The Balaban J connectivity index is 1.81. The van der Waals surface area contributed by atoms with Gasteiger partial charge in [0, 0.05) is 42.8 Å². The van der Waals surface area contributed by atoms with E-state index in [2.05, 4.69) is 16.0 Å². The van der Waals surface area contributed by atoms with Crippen molar-refractivity contribution in [3.63, 3.8) is 0 Å². The molecule has 0 radical (unpaired) electrons. The number of hydrogen-bond acceptors (Lipinski definition) is 5. The maximum absolute atomic E-state index is 12.1. The first kappa shape index (κ1) is 20.9. The van der Waals surface area contributed by atoms with Crippen LogP contribution in [0.25, 0.3) is 0 Å². The fourth-order valence-corrected chi connectivity index (χ4v) is 2.40. The van der Waals surface area contributed by atoms with Crippen molar-refractivity contribution in [1.82, 2.24) is 5.32 Å². The Labute approximate surface area is 163 Å². The van der Waals surface area contributed by atoms with E-state index in [1.807, 2.05) is 0 Å². The number of methoxy groups -OCH3 is 1. The molecule has 0 unspecified atom stereocenters. The average Bonchev–Trinajstić information content (AvgIpc) is 2.70. The molecular weight excluding hydrogens is 360 g/mol. The Bertz CT molecular complexity index is 821. The number of carbonyl (C=O) groups is 3. The van der Waals surface area contributed by atoms with Crippen LogP contribution in [0.5, 0.6) is 0 Å². The van der Waals surface area contributed by atoms with E-state index in [-0.39, 0.29) is 18.4 Å². The largest absolute Gasteiger partial charge is 0.385 e. The number of anilines is 2. The van der Waals surface area contributed by atoms with Crippen molar-refractivity contribution >= 4 is 29.1 Å². The fourth-order valence-electron chi connectivity index (χ4n) is 2.40. The van der Waals surface area contributed by atoms with Gasteiger partial charge >= 0.3 is 0 Å². The smallest absolute Gasteiger partial charge is 0.251 e. The lowest BCUT2D eigenvalue weighted by molar-refractivity contribution is -0.114. The van der Waals surface area contributed by atoms with E-state index in [0.29, 0.717) is 35.7 Å². The quantitative estimate of drug-likeness (QED) is 0.464. The van der Waals surface area contributed by atoms with Crippen molar-refractivity contribution in [3.8, 4) is 0 Å². The van der Waals surface area contributed by atoms with Gasteiger partial charge in [-0.1, -0.05) is 6.07 Å². The van der Waals surface area contributed by atoms with Crippen LogP contribution in [0.3, 0.4) is 0 Å². The molecule has 0 heterocycles. The summed E-state index contributed by atoms with van der Waals surface area (Å²) in [4.78, 5) is 35.2. The van der Waals surface area contributed by atoms with E-state index in [1.165, 1.54) is 0 Å². The third kappa shape index (κ3) is 6.73. The summed E-state index contributed by atoms with van der Waals surface area (Å²) in [5.74, 6) is -0.970. The Hall–Kier alpha value is -3.39. The van der Waals surface area contributed by atoms with Crippen LogP contribution in [0, 0.1) is 0 Å². The van der Waals surface area contributed by atoms with Gasteiger partial charge in [0.2, 0.25) is 11.8 Å². The molecule has 28 heavy (non-hydrogen) atoms. The Morgan fingerprint density at radius 2 is 1.75 bits per heavy atom. The highest BCUT2D eigenvalue weighted by atomic mass is 16.5. The van der Waals surface area contributed by atoms with Gasteiger partial charge < -0.3 is 26.4 Å². The molecule has 0 aromatic heterocycles. The predicted octanol–water partition coefficient (Wildman–Crippen LogP) is 1.60. The van der Waals surface area contributed by atoms with Crippen molar-refractivity contribution in [3.05, 3.63) is 59.7 Å². The van der Waals surface area contributed by atoms with E-state index in [1.54, 1.807) is 55.6 Å². The van der Waals surface area contributed by atoms with Crippen molar-refractivity contribution in [2.24, 2.45) is 5.73 Å². The SMILES string of the molecule is COCCCNC(=O)c1ccc(NC(=O)CNc2cccc(C(N)=O)c2)cc1. The summed E-state index contributed by atoms with van der Waals surface area (Å²) in [5, 5.41) is 8.46. The van der Waals surface area contributed by atoms with Crippen LogP contribution in [0.15, 0.2) is 48.5 Å². The summed E-state index contributed by atoms with van der Waals surface area (Å²) in [5.41, 5.74) is 7.30. The third-order valence-corrected chi connectivity index (χ3v) is 3.84. The highest BCUT2D eigenvalue weighted by Gasteiger charge is 2.07. The van der Waals surface area contributed by atoms with Crippen LogP contribution in [-0.4, -0.2) is 44.5 Å². The lowest BCUT2D eigenvalue weighted by Gasteiger charge is -2.09. The number of amides is 3. The lowest BCUT2D eigenvalue weighted by Crippen LogP contribution is -2.25. The summed E-state index contributed by atoms with van der Waals surface area (Å²) in [6.07, 6.45) is 0.742.